The highest BCUT2D eigenvalue weighted by Gasteiger charge is 2.22. The number of benzene rings is 2. The number of hydrogen-bond acceptors (Lipinski definition) is 4. The van der Waals surface area contributed by atoms with Gasteiger partial charge >= 0.3 is 5.76 Å². The fraction of sp³-hybridized carbons (Fsp3) is 0.286. The van der Waals surface area contributed by atoms with E-state index in [1.165, 1.54) is 9.47 Å². The number of carbonyl (C=O) groups is 2. The minimum absolute atomic E-state index is 0.0627. The van der Waals surface area contributed by atoms with E-state index in [0.29, 0.717) is 16.7 Å². The van der Waals surface area contributed by atoms with E-state index in [-0.39, 0.29) is 18.4 Å². The normalized spacial score (nSPS) is 13.8. The van der Waals surface area contributed by atoms with Gasteiger partial charge in [0.1, 0.15) is 6.54 Å². The summed E-state index contributed by atoms with van der Waals surface area (Å²) in [5.41, 5.74) is 2.04. The van der Waals surface area contributed by atoms with Crippen molar-refractivity contribution in [1.82, 2.24) is 9.47 Å². The number of carbonyl (C=O) groups excluding carboxylic acids is 2. The molecule has 1 aliphatic heterocycles. The second kappa shape index (κ2) is 7.34. The quantitative estimate of drug-likeness (QED) is 0.698. The zero-order chi connectivity index (χ0) is 19.7. The Balaban J connectivity index is 1.64. The van der Waals surface area contributed by atoms with E-state index in [0.717, 1.165) is 31.6 Å². The molecule has 0 unspecified atom stereocenters. The number of rotatable bonds is 4. The van der Waals surface area contributed by atoms with Gasteiger partial charge in [-0.1, -0.05) is 18.2 Å². The van der Waals surface area contributed by atoms with E-state index in [9.17, 15) is 14.4 Å². The minimum Gasteiger partial charge on any atom is -0.408 e. The number of likely N-dealkylation sites (N-methyl/N-ethyl adjacent to an activating group) is 1. The number of oxazole rings is 1. The standard InChI is InChI=1S/C21H21N3O4/c1-22(16-7-3-2-4-8-16)19(25)14-24-17-13-15(9-10-18(17)28-21(24)27)20(26)23-11-5-6-12-23/h2-4,7-10,13H,5-6,11-12,14H2,1H3. The Kier molecular flexibility index (Phi) is 4.73. The summed E-state index contributed by atoms with van der Waals surface area (Å²) in [7, 11) is 1.66. The molecule has 0 aliphatic carbocycles. The number of nitrogens with zero attached hydrogens (tertiary/aromatic N) is 3. The first-order valence-corrected chi connectivity index (χ1v) is 9.29. The van der Waals surface area contributed by atoms with E-state index in [4.69, 9.17) is 4.42 Å². The summed E-state index contributed by atoms with van der Waals surface area (Å²) in [4.78, 5) is 40.9. The van der Waals surface area contributed by atoms with Gasteiger partial charge in [0.05, 0.1) is 5.52 Å². The molecule has 0 radical (unpaired) electrons. The molecule has 0 spiro atoms. The highest BCUT2D eigenvalue weighted by Crippen LogP contribution is 2.19. The third-order valence-electron chi connectivity index (χ3n) is 5.12. The first-order chi connectivity index (χ1) is 13.5. The fourth-order valence-electron chi connectivity index (χ4n) is 3.48. The average molecular weight is 379 g/mol. The second-order valence-electron chi connectivity index (χ2n) is 6.92. The van der Waals surface area contributed by atoms with Crippen molar-refractivity contribution in [2.75, 3.05) is 25.0 Å². The third kappa shape index (κ3) is 3.31. The molecule has 3 aromatic rings. The highest BCUT2D eigenvalue weighted by molar-refractivity contribution is 5.98. The maximum atomic E-state index is 12.7. The van der Waals surface area contributed by atoms with Crippen molar-refractivity contribution >= 4 is 28.6 Å². The SMILES string of the molecule is CN(C(=O)Cn1c(=O)oc2ccc(C(=O)N3CCCC3)cc21)c1ccccc1. The van der Waals surface area contributed by atoms with Gasteiger partial charge in [-0.05, 0) is 43.2 Å². The number of para-hydroxylation sites is 1. The maximum Gasteiger partial charge on any atom is 0.420 e. The summed E-state index contributed by atoms with van der Waals surface area (Å²) in [5, 5.41) is 0. The van der Waals surface area contributed by atoms with Gasteiger partial charge in [0.25, 0.3) is 5.91 Å². The zero-order valence-corrected chi connectivity index (χ0v) is 15.6. The van der Waals surface area contributed by atoms with Crippen LogP contribution in [0.4, 0.5) is 5.69 Å². The van der Waals surface area contributed by atoms with Gasteiger partial charge < -0.3 is 14.2 Å². The summed E-state index contributed by atoms with van der Waals surface area (Å²) < 4.78 is 6.53. The van der Waals surface area contributed by atoms with E-state index >= 15 is 0 Å². The van der Waals surface area contributed by atoms with Crippen LogP contribution < -0.4 is 10.7 Å². The van der Waals surface area contributed by atoms with Gasteiger partial charge in [-0.15, -0.1) is 0 Å². The number of likely N-dealkylation sites (tertiary alicyclic amines) is 1. The number of amides is 2. The van der Waals surface area contributed by atoms with Crippen molar-refractivity contribution in [3.63, 3.8) is 0 Å². The van der Waals surface area contributed by atoms with Crippen LogP contribution in [0, 0.1) is 0 Å². The fourth-order valence-corrected chi connectivity index (χ4v) is 3.48. The van der Waals surface area contributed by atoms with Crippen molar-refractivity contribution < 1.29 is 14.0 Å². The lowest BCUT2D eigenvalue weighted by atomic mass is 10.2. The van der Waals surface area contributed by atoms with Crippen molar-refractivity contribution in [2.45, 2.75) is 19.4 Å². The van der Waals surface area contributed by atoms with Crippen LogP contribution in [0.3, 0.4) is 0 Å². The topological polar surface area (TPSA) is 75.8 Å². The molecule has 28 heavy (non-hydrogen) atoms. The Bertz CT molecular complexity index is 1080. The molecular weight excluding hydrogens is 358 g/mol. The molecule has 2 amide bonds. The van der Waals surface area contributed by atoms with Crippen molar-refractivity contribution in [2.24, 2.45) is 0 Å². The molecule has 144 valence electrons. The molecule has 2 aromatic carbocycles. The lowest BCUT2D eigenvalue weighted by Gasteiger charge is -2.17. The lowest BCUT2D eigenvalue weighted by molar-refractivity contribution is -0.118. The molecule has 4 rings (SSSR count). The molecule has 1 fully saturated rings. The summed E-state index contributed by atoms with van der Waals surface area (Å²) in [5.74, 6) is -0.935. The monoisotopic (exact) mass is 379 g/mol. The number of hydrogen-bond donors (Lipinski definition) is 0. The molecular formula is C21H21N3O4. The summed E-state index contributed by atoms with van der Waals surface area (Å²) >= 11 is 0. The van der Waals surface area contributed by atoms with Crippen molar-refractivity contribution in [1.29, 1.82) is 0 Å². The van der Waals surface area contributed by atoms with E-state index in [2.05, 4.69) is 0 Å². The predicted octanol–water partition coefficient (Wildman–Crippen LogP) is 2.49. The van der Waals surface area contributed by atoms with Crippen LogP contribution in [0.15, 0.2) is 57.7 Å². The Morgan fingerprint density at radius 2 is 1.79 bits per heavy atom. The van der Waals surface area contributed by atoms with E-state index in [1.807, 2.05) is 30.3 Å². The first-order valence-electron chi connectivity index (χ1n) is 9.29. The molecule has 0 atom stereocenters. The van der Waals surface area contributed by atoms with Gasteiger partial charge in [-0.3, -0.25) is 14.2 Å². The lowest BCUT2D eigenvalue weighted by Crippen LogP contribution is -2.32. The van der Waals surface area contributed by atoms with Crippen LogP contribution in [0.1, 0.15) is 23.2 Å². The first kappa shape index (κ1) is 18.0. The van der Waals surface area contributed by atoms with Gasteiger partial charge in [0, 0.05) is 31.4 Å². The van der Waals surface area contributed by atoms with Gasteiger partial charge in [-0.25, -0.2) is 4.79 Å². The zero-order valence-electron chi connectivity index (χ0n) is 15.6. The molecule has 0 saturated carbocycles. The Morgan fingerprint density at radius 1 is 1.07 bits per heavy atom. The largest absolute Gasteiger partial charge is 0.420 e. The average Bonchev–Trinajstić information content (AvgIpc) is 3.36. The number of anilines is 1. The second-order valence-corrected chi connectivity index (χ2v) is 6.92. The minimum atomic E-state index is -0.615. The molecule has 0 bridgehead atoms. The molecule has 1 aromatic heterocycles. The van der Waals surface area contributed by atoms with Crippen molar-refractivity contribution in [3.8, 4) is 0 Å². The van der Waals surface area contributed by atoms with Crippen LogP contribution in [-0.2, 0) is 11.3 Å². The van der Waals surface area contributed by atoms with Crippen LogP contribution in [0.25, 0.3) is 11.1 Å². The van der Waals surface area contributed by atoms with Crippen LogP contribution >= 0.6 is 0 Å². The molecule has 7 nitrogen and oxygen atoms in total. The third-order valence-corrected chi connectivity index (χ3v) is 5.12. The number of aromatic nitrogens is 1. The molecule has 2 heterocycles. The Labute approximate surface area is 161 Å². The summed E-state index contributed by atoms with van der Waals surface area (Å²) in [6.45, 7) is 1.32. The van der Waals surface area contributed by atoms with Gasteiger partial charge in [0.2, 0.25) is 5.91 Å². The maximum absolute atomic E-state index is 12.7. The van der Waals surface area contributed by atoms with Gasteiger partial charge in [0.15, 0.2) is 5.58 Å². The van der Waals surface area contributed by atoms with E-state index in [1.54, 1.807) is 30.1 Å². The van der Waals surface area contributed by atoms with Crippen LogP contribution in [0.5, 0.6) is 0 Å². The summed E-state index contributed by atoms with van der Waals surface area (Å²) in [6, 6.07) is 14.1. The van der Waals surface area contributed by atoms with Crippen molar-refractivity contribution in [3.05, 3.63) is 64.6 Å². The molecule has 1 aliphatic rings. The molecule has 0 N–H and O–H groups in total. The van der Waals surface area contributed by atoms with E-state index < -0.39 is 5.76 Å². The smallest absolute Gasteiger partial charge is 0.408 e. The Hall–Kier alpha value is -3.35. The summed E-state index contributed by atoms with van der Waals surface area (Å²) in [6.07, 6.45) is 2.01. The van der Waals surface area contributed by atoms with Crippen LogP contribution in [0.2, 0.25) is 0 Å². The Morgan fingerprint density at radius 3 is 2.50 bits per heavy atom. The van der Waals surface area contributed by atoms with Crippen LogP contribution in [-0.4, -0.2) is 41.4 Å². The number of fused-ring (bicyclic) bond motifs is 1. The molecule has 7 heteroatoms. The van der Waals surface area contributed by atoms with Gasteiger partial charge in [-0.2, -0.15) is 0 Å². The molecule has 1 saturated heterocycles. The highest BCUT2D eigenvalue weighted by atomic mass is 16.4. The predicted molar refractivity (Wildman–Crippen MR) is 105 cm³/mol.